The van der Waals surface area contributed by atoms with Crippen LogP contribution in [0.3, 0.4) is 0 Å². The second-order valence-electron chi connectivity index (χ2n) is 10.1. The number of anilines is 1. The molecule has 1 saturated heterocycles. The molecular formula is C26H33BrN4O3. The summed E-state index contributed by atoms with van der Waals surface area (Å²) in [6.45, 7) is 7.98. The van der Waals surface area contributed by atoms with Gasteiger partial charge in [0.15, 0.2) is 0 Å². The lowest BCUT2D eigenvalue weighted by molar-refractivity contribution is -0.128. The highest BCUT2D eigenvalue weighted by atomic mass is 79.9. The zero-order valence-corrected chi connectivity index (χ0v) is 21.9. The van der Waals surface area contributed by atoms with Crippen LogP contribution in [-0.2, 0) is 40.9 Å². The van der Waals surface area contributed by atoms with Gasteiger partial charge in [0.2, 0.25) is 5.91 Å². The fourth-order valence-corrected chi connectivity index (χ4v) is 5.94. The van der Waals surface area contributed by atoms with E-state index in [1.165, 1.54) is 24.2 Å². The predicted molar refractivity (Wildman–Crippen MR) is 134 cm³/mol. The van der Waals surface area contributed by atoms with Crippen molar-refractivity contribution in [2.45, 2.75) is 83.9 Å². The molecule has 2 aliphatic heterocycles. The van der Waals surface area contributed by atoms with Crippen LogP contribution in [0.2, 0.25) is 0 Å². The number of rotatable bonds is 6. The molecule has 2 amide bonds. The normalized spacial score (nSPS) is 18.3. The minimum Gasteiger partial charge on any atom is -0.447 e. The van der Waals surface area contributed by atoms with Crippen LogP contribution < -0.4 is 4.90 Å². The van der Waals surface area contributed by atoms with Crippen LogP contribution in [0, 0.1) is 0 Å². The van der Waals surface area contributed by atoms with E-state index in [1.54, 1.807) is 4.90 Å². The summed E-state index contributed by atoms with van der Waals surface area (Å²) in [5.74, 6) is 1.03. The van der Waals surface area contributed by atoms with Gasteiger partial charge in [-0.2, -0.15) is 0 Å². The van der Waals surface area contributed by atoms with Gasteiger partial charge < -0.3 is 19.1 Å². The van der Waals surface area contributed by atoms with Crippen molar-refractivity contribution in [3.8, 4) is 0 Å². The summed E-state index contributed by atoms with van der Waals surface area (Å²) in [5.41, 5.74) is 3.76. The lowest BCUT2D eigenvalue weighted by Gasteiger charge is -2.46. The average molecular weight is 529 g/mol. The number of unbranched alkanes of at least 4 members (excludes halogenated alkanes) is 1. The maximum atomic E-state index is 13.9. The molecule has 8 heteroatoms. The summed E-state index contributed by atoms with van der Waals surface area (Å²) >= 11 is 3.58. The Morgan fingerprint density at radius 2 is 2.00 bits per heavy atom. The molecule has 5 rings (SSSR count). The molecule has 1 fully saturated rings. The molecule has 0 unspecified atom stereocenters. The highest BCUT2D eigenvalue weighted by molar-refractivity contribution is 9.10. The Kier molecular flexibility index (Phi) is 6.21. The van der Waals surface area contributed by atoms with Gasteiger partial charge in [0.05, 0.1) is 18.3 Å². The van der Waals surface area contributed by atoms with Crippen molar-refractivity contribution in [2.24, 2.45) is 0 Å². The molecular weight excluding hydrogens is 496 g/mol. The number of aryl methyl sites for hydroxylation is 1. The van der Waals surface area contributed by atoms with Crippen LogP contribution in [0.5, 0.6) is 0 Å². The van der Waals surface area contributed by atoms with E-state index in [2.05, 4.69) is 27.4 Å². The Morgan fingerprint density at radius 1 is 1.24 bits per heavy atom. The van der Waals surface area contributed by atoms with Crippen molar-refractivity contribution < 1.29 is 14.3 Å². The molecule has 0 N–H and O–H groups in total. The van der Waals surface area contributed by atoms with E-state index in [1.807, 2.05) is 36.9 Å². The maximum Gasteiger partial charge on any atom is 0.410 e. The number of likely N-dealkylation sites (tertiary alicyclic amines) is 1. The van der Waals surface area contributed by atoms with E-state index < -0.39 is 5.41 Å². The lowest BCUT2D eigenvalue weighted by atomic mass is 9.75. The average Bonchev–Trinajstić information content (AvgIpc) is 3.23. The highest BCUT2D eigenvalue weighted by Crippen LogP contribution is 2.49. The molecule has 3 aliphatic rings. The van der Waals surface area contributed by atoms with E-state index in [4.69, 9.17) is 9.72 Å². The third kappa shape index (κ3) is 3.84. The SMILES string of the molecule is CCCCn1c(CN2C(=O)C3(CN(C(=O)OC(C)C)C3)c3cc(Br)ccc32)nc2c1CCCC2. The minimum absolute atomic E-state index is 0.0530. The van der Waals surface area contributed by atoms with Gasteiger partial charge in [-0.1, -0.05) is 29.3 Å². The second-order valence-corrected chi connectivity index (χ2v) is 11.0. The van der Waals surface area contributed by atoms with Crippen LogP contribution >= 0.6 is 15.9 Å². The van der Waals surface area contributed by atoms with Crippen molar-refractivity contribution in [3.05, 3.63) is 45.4 Å². The summed E-state index contributed by atoms with van der Waals surface area (Å²) in [6.07, 6.45) is 6.16. The number of aromatic nitrogens is 2. The number of ether oxygens (including phenoxy) is 1. The quantitative estimate of drug-likeness (QED) is 0.530. The van der Waals surface area contributed by atoms with E-state index in [0.717, 1.165) is 53.8 Å². The Hall–Kier alpha value is -2.35. The number of imidazole rings is 1. The number of amides is 2. The standard InChI is InChI=1S/C26H33BrN4O3/c1-4-5-12-30-22-9-7-6-8-20(22)28-23(30)14-31-21-11-10-18(27)13-19(21)26(24(31)32)15-29(16-26)25(33)34-17(2)3/h10-11,13,17H,4-9,12,14-16H2,1-3H3. The molecule has 0 bridgehead atoms. The molecule has 182 valence electrons. The van der Waals surface area contributed by atoms with Crippen molar-refractivity contribution in [2.75, 3.05) is 18.0 Å². The van der Waals surface area contributed by atoms with E-state index in [9.17, 15) is 9.59 Å². The first kappa shape index (κ1) is 23.4. The van der Waals surface area contributed by atoms with Crippen LogP contribution in [0.1, 0.15) is 69.2 Å². The first-order valence-corrected chi connectivity index (χ1v) is 13.3. The number of halogens is 1. The molecule has 1 aliphatic carbocycles. The zero-order valence-electron chi connectivity index (χ0n) is 20.3. The predicted octanol–water partition coefficient (Wildman–Crippen LogP) is 4.97. The highest BCUT2D eigenvalue weighted by Gasteiger charge is 2.59. The smallest absolute Gasteiger partial charge is 0.410 e. The van der Waals surface area contributed by atoms with Gasteiger partial charge in [0, 0.05) is 35.5 Å². The van der Waals surface area contributed by atoms with Crippen LogP contribution in [-0.4, -0.2) is 45.6 Å². The van der Waals surface area contributed by atoms with Gasteiger partial charge >= 0.3 is 6.09 Å². The monoisotopic (exact) mass is 528 g/mol. The van der Waals surface area contributed by atoms with Gasteiger partial charge in [0.25, 0.3) is 0 Å². The summed E-state index contributed by atoms with van der Waals surface area (Å²) < 4.78 is 8.68. The summed E-state index contributed by atoms with van der Waals surface area (Å²) in [5, 5.41) is 0. The number of fused-ring (bicyclic) bond motifs is 3. The van der Waals surface area contributed by atoms with E-state index >= 15 is 0 Å². The lowest BCUT2D eigenvalue weighted by Crippen LogP contribution is -2.65. The molecule has 0 radical (unpaired) electrons. The molecule has 0 atom stereocenters. The van der Waals surface area contributed by atoms with Crippen molar-refractivity contribution >= 4 is 33.6 Å². The molecule has 7 nitrogen and oxygen atoms in total. The Morgan fingerprint density at radius 3 is 2.74 bits per heavy atom. The Labute approximate surface area is 209 Å². The number of hydrogen-bond acceptors (Lipinski definition) is 4. The Bertz CT molecular complexity index is 1120. The number of carbonyl (C=O) groups excluding carboxylic acids is 2. The van der Waals surface area contributed by atoms with Crippen LogP contribution in [0.4, 0.5) is 10.5 Å². The van der Waals surface area contributed by atoms with Gasteiger partial charge in [-0.05, 0) is 69.7 Å². The molecule has 1 spiro atoms. The molecule has 34 heavy (non-hydrogen) atoms. The van der Waals surface area contributed by atoms with Gasteiger partial charge in [0.1, 0.15) is 11.2 Å². The third-order valence-corrected chi connectivity index (χ3v) is 7.78. The van der Waals surface area contributed by atoms with Crippen molar-refractivity contribution in [1.29, 1.82) is 0 Å². The first-order chi connectivity index (χ1) is 16.3. The number of hydrogen-bond donors (Lipinski definition) is 0. The van der Waals surface area contributed by atoms with Gasteiger partial charge in [-0.3, -0.25) is 4.79 Å². The number of carbonyl (C=O) groups is 2. The molecule has 0 saturated carbocycles. The fourth-order valence-electron chi connectivity index (χ4n) is 5.58. The molecule has 1 aromatic heterocycles. The Balaban J connectivity index is 1.46. The fraction of sp³-hybridized carbons (Fsp3) is 0.577. The number of benzene rings is 1. The summed E-state index contributed by atoms with van der Waals surface area (Å²) in [6, 6.07) is 6.03. The van der Waals surface area contributed by atoms with Gasteiger partial charge in [-0.15, -0.1) is 0 Å². The molecule has 1 aromatic carbocycles. The third-order valence-electron chi connectivity index (χ3n) is 7.28. The topological polar surface area (TPSA) is 67.7 Å². The zero-order chi connectivity index (χ0) is 24.0. The van der Waals surface area contributed by atoms with Crippen LogP contribution in [0.15, 0.2) is 22.7 Å². The summed E-state index contributed by atoms with van der Waals surface area (Å²) in [4.78, 5) is 34.9. The molecule has 2 aromatic rings. The molecule has 3 heterocycles. The van der Waals surface area contributed by atoms with E-state index in [-0.39, 0.29) is 18.1 Å². The second kappa shape index (κ2) is 9.02. The van der Waals surface area contributed by atoms with Crippen molar-refractivity contribution in [1.82, 2.24) is 14.5 Å². The summed E-state index contributed by atoms with van der Waals surface area (Å²) in [7, 11) is 0. The number of nitrogens with zero attached hydrogens (tertiary/aromatic N) is 4. The minimum atomic E-state index is -0.713. The maximum absolute atomic E-state index is 13.9. The van der Waals surface area contributed by atoms with E-state index in [0.29, 0.717) is 19.6 Å². The van der Waals surface area contributed by atoms with Gasteiger partial charge in [-0.25, -0.2) is 9.78 Å². The first-order valence-electron chi connectivity index (χ1n) is 12.5. The van der Waals surface area contributed by atoms with Crippen molar-refractivity contribution in [3.63, 3.8) is 0 Å². The van der Waals surface area contributed by atoms with Crippen LogP contribution in [0.25, 0.3) is 0 Å². The largest absolute Gasteiger partial charge is 0.447 e.